The zero-order valence-corrected chi connectivity index (χ0v) is 12.9. The molecule has 2 aliphatic rings. The van der Waals surface area contributed by atoms with Gasteiger partial charge in [-0.05, 0) is 33.6 Å². The maximum Gasteiger partial charge on any atom is 0.344 e. The second-order valence-corrected chi connectivity index (χ2v) is 6.37. The molecule has 0 unspecified atom stereocenters. The molecule has 0 aromatic rings. The van der Waals surface area contributed by atoms with Crippen molar-refractivity contribution in [3.63, 3.8) is 0 Å². The van der Waals surface area contributed by atoms with Crippen LogP contribution < -0.4 is 5.48 Å². The van der Waals surface area contributed by atoms with E-state index < -0.39 is 36.2 Å². The van der Waals surface area contributed by atoms with Crippen molar-refractivity contribution in [2.45, 2.75) is 51.3 Å². The number of rotatable bonds is 4. The smallest absolute Gasteiger partial charge is 0.344 e. The standard InChI is InChI=1S/C13H21N3O6/c1-13(2,3)22-10(17)7-21-14-11(18)9-5-4-8-6-15(9)12(19)16(8)20/h8-9,20H,4-7H2,1-3H3,(H,14,18)/t8-,9+/m1/s1. The van der Waals surface area contributed by atoms with E-state index in [-0.39, 0.29) is 6.04 Å². The summed E-state index contributed by atoms with van der Waals surface area (Å²) in [6.07, 6.45) is 0.956. The number of carbonyl (C=O) groups is 3. The van der Waals surface area contributed by atoms with Gasteiger partial charge in [0.1, 0.15) is 11.6 Å². The Kier molecular flexibility index (Phi) is 4.57. The summed E-state index contributed by atoms with van der Waals surface area (Å²) in [4.78, 5) is 41.3. The molecular formula is C13H21N3O6. The van der Waals surface area contributed by atoms with Crippen LogP contribution >= 0.6 is 0 Å². The number of fused-ring (bicyclic) bond motifs is 2. The number of urea groups is 1. The number of hydrogen-bond acceptors (Lipinski definition) is 6. The minimum absolute atomic E-state index is 0.265. The van der Waals surface area contributed by atoms with Gasteiger partial charge in [0, 0.05) is 6.54 Å². The topological polar surface area (TPSA) is 108 Å². The van der Waals surface area contributed by atoms with E-state index in [1.807, 2.05) is 0 Å². The second kappa shape index (κ2) is 6.09. The van der Waals surface area contributed by atoms with Gasteiger partial charge in [0.05, 0.1) is 6.04 Å². The van der Waals surface area contributed by atoms with E-state index >= 15 is 0 Å². The van der Waals surface area contributed by atoms with Gasteiger partial charge >= 0.3 is 12.0 Å². The van der Waals surface area contributed by atoms with E-state index in [0.29, 0.717) is 24.4 Å². The fourth-order valence-electron chi connectivity index (χ4n) is 2.53. The Hall–Kier alpha value is -1.87. The summed E-state index contributed by atoms with van der Waals surface area (Å²) in [7, 11) is 0. The van der Waals surface area contributed by atoms with Gasteiger partial charge in [0.25, 0.3) is 5.91 Å². The molecule has 2 aliphatic heterocycles. The average molecular weight is 315 g/mol. The number of ether oxygens (including phenoxy) is 1. The highest BCUT2D eigenvalue weighted by atomic mass is 16.7. The molecule has 124 valence electrons. The lowest BCUT2D eigenvalue weighted by molar-refractivity contribution is -0.165. The van der Waals surface area contributed by atoms with E-state index in [1.54, 1.807) is 20.8 Å². The number of amides is 3. The summed E-state index contributed by atoms with van der Waals surface area (Å²) in [5.41, 5.74) is 1.52. The summed E-state index contributed by atoms with van der Waals surface area (Å²) >= 11 is 0. The Bertz CT molecular complexity index is 475. The molecule has 0 aromatic carbocycles. The van der Waals surface area contributed by atoms with Gasteiger partial charge in [0.15, 0.2) is 6.61 Å². The third-order valence-corrected chi connectivity index (χ3v) is 3.43. The molecule has 2 saturated heterocycles. The maximum absolute atomic E-state index is 12.0. The molecule has 2 heterocycles. The molecule has 0 radical (unpaired) electrons. The molecule has 2 atom stereocenters. The number of hydroxylamine groups is 3. The maximum atomic E-state index is 12.0. The minimum atomic E-state index is -0.709. The zero-order chi connectivity index (χ0) is 16.5. The number of piperidine rings is 1. The lowest BCUT2D eigenvalue weighted by Crippen LogP contribution is -2.50. The van der Waals surface area contributed by atoms with Crippen LogP contribution in [-0.2, 0) is 19.2 Å². The van der Waals surface area contributed by atoms with Crippen LogP contribution in [0.5, 0.6) is 0 Å². The van der Waals surface area contributed by atoms with E-state index in [9.17, 15) is 19.6 Å². The molecule has 2 N–H and O–H groups in total. The summed E-state index contributed by atoms with van der Waals surface area (Å²) in [5, 5.41) is 10.2. The summed E-state index contributed by atoms with van der Waals surface area (Å²) in [6, 6.07) is -1.56. The van der Waals surface area contributed by atoms with E-state index in [0.717, 1.165) is 0 Å². The van der Waals surface area contributed by atoms with E-state index in [2.05, 4.69) is 5.48 Å². The first kappa shape index (κ1) is 16.5. The van der Waals surface area contributed by atoms with Gasteiger partial charge in [-0.15, -0.1) is 0 Å². The van der Waals surface area contributed by atoms with E-state index in [1.165, 1.54) is 4.90 Å². The van der Waals surface area contributed by atoms with Crippen molar-refractivity contribution in [3.8, 4) is 0 Å². The highest BCUT2D eigenvalue weighted by Crippen LogP contribution is 2.28. The molecule has 0 aliphatic carbocycles. The van der Waals surface area contributed by atoms with Crippen LogP contribution in [0.4, 0.5) is 4.79 Å². The first-order valence-electron chi connectivity index (χ1n) is 7.11. The van der Waals surface area contributed by atoms with Gasteiger partial charge in [-0.3, -0.25) is 14.8 Å². The van der Waals surface area contributed by atoms with Crippen LogP contribution in [0.1, 0.15) is 33.6 Å². The third kappa shape index (κ3) is 3.66. The first-order valence-corrected chi connectivity index (χ1v) is 7.11. The molecule has 2 bridgehead atoms. The number of nitrogens with zero attached hydrogens (tertiary/aromatic N) is 2. The van der Waals surface area contributed by atoms with Crippen molar-refractivity contribution < 1.29 is 29.2 Å². The Balaban J connectivity index is 1.79. The number of nitrogens with one attached hydrogen (secondary N) is 1. The average Bonchev–Trinajstić information content (AvgIpc) is 2.62. The van der Waals surface area contributed by atoms with Crippen LogP contribution in [0, 0.1) is 0 Å². The number of esters is 1. The van der Waals surface area contributed by atoms with Gasteiger partial charge in [0.2, 0.25) is 0 Å². The third-order valence-electron chi connectivity index (χ3n) is 3.43. The van der Waals surface area contributed by atoms with Crippen LogP contribution in [0.25, 0.3) is 0 Å². The molecule has 0 aromatic heterocycles. The molecule has 9 heteroatoms. The van der Waals surface area contributed by atoms with Gasteiger partial charge in [-0.2, -0.15) is 0 Å². The summed E-state index contributed by atoms with van der Waals surface area (Å²) in [5.74, 6) is -1.12. The van der Waals surface area contributed by atoms with Crippen molar-refractivity contribution >= 4 is 17.9 Å². The van der Waals surface area contributed by atoms with Crippen molar-refractivity contribution in [1.29, 1.82) is 0 Å². The van der Waals surface area contributed by atoms with Crippen LogP contribution in [-0.4, -0.2) is 63.9 Å². The van der Waals surface area contributed by atoms with Crippen molar-refractivity contribution in [2.75, 3.05) is 13.2 Å². The molecule has 0 spiro atoms. The van der Waals surface area contributed by atoms with E-state index in [4.69, 9.17) is 9.57 Å². The molecule has 0 saturated carbocycles. The predicted octanol–water partition coefficient (Wildman–Crippen LogP) is 0.0337. The summed E-state index contributed by atoms with van der Waals surface area (Å²) < 4.78 is 5.03. The molecule has 9 nitrogen and oxygen atoms in total. The second-order valence-electron chi connectivity index (χ2n) is 6.37. The lowest BCUT2D eigenvalue weighted by Gasteiger charge is -2.28. The van der Waals surface area contributed by atoms with Gasteiger partial charge < -0.3 is 9.64 Å². The fourth-order valence-corrected chi connectivity index (χ4v) is 2.53. The molecular weight excluding hydrogens is 294 g/mol. The predicted molar refractivity (Wildman–Crippen MR) is 72.5 cm³/mol. The Morgan fingerprint density at radius 3 is 2.68 bits per heavy atom. The molecule has 2 fully saturated rings. The highest BCUT2D eigenvalue weighted by Gasteiger charge is 2.46. The van der Waals surface area contributed by atoms with Crippen LogP contribution in [0.2, 0.25) is 0 Å². The largest absolute Gasteiger partial charge is 0.458 e. The number of carbonyl (C=O) groups excluding carboxylic acids is 3. The Morgan fingerprint density at radius 1 is 1.36 bits per heavy atom. The molecule has 3 amide bonds. The van der Waals surface area contributed by atoms with Crippen molar-refractivity contribution in [3.05, 3.63) is 0 Å². The summed E-state index contributed by atoms with van der Waals surface area (Å²) in [6.45, 7) is 5.06. The van der Waals surface area contributed by atoms with Crippen molar-refractivity contribution in [2.24, 2.45) is 0 Å². The molecule has 2 rings (SSSR count). The van der Waals surface area contributed by atoms with Crippen LogP contribution in [0.3, 0.4) is 0 Å². The SMILES string of the molecule is CC(C)(C)OC(=O)CONC(=O)[C@@H]1CC[C@@H]2CN1C(=O)N2O. The monoisotopic (exact) mass is 315 g/mol. The fraction of sp³-hybridized carbons (Fsp3) is 0.769. The normalized spacial score (nSPS) is 24.5. The number of hydrogen-bond donors (Lipinski definition) is 2. The zero-order valence-electron chi connectivity index (χ0n) is 12.9. The Morgan fingerprint density at radius 2 is 2.05 bits per heavy atom. The van der Waals surface area contributed by atoms with Crippen LogP contribution in [0.15, 0.2) is 0 Å². The minimum Gasteiger partial charge on any atom is -0.458 e. The molecule has 22 heavy (non-hydrogen) atoms. The quantitative estimate of drug-likeness (QED) is 0.430. The highest BCUT2D eigenvalue weighted by molar-refractivity contribution is 5.88. The van der Waals surface area contributed by atoms with Gasteiger partial charge in [-0.1, -0.05) is 0 Å². The van der Waals surface area contributed by atoms with Crippen molar-refractivity contribution in [1.82, 2.24) is 15.4 Å². The first-order chi connectivity index (χ1) is 10.2. The lowest BCUT2D eigenvalue weighted by atomic mass is 10.0. The Labute approximate surface area is 128 Å². The van der Waals surface area contributed by atoms with Gasteiger partial charge in [-0.25, -0.2) is 20.1 Å².